The van der Waals surface area contributed by atoms with Crippen LogP contribution in [0.3, 0.4) is 0 Å². The van der Waals surface area contributed by atoms with Gasteiger partial charge in [-0.2, -0.15) is 13.2 Å². The number of nitrogens with two attached hydrogens (primary N) is 1. The Morgan fingerprint density at radius 1 is 1.33 bits per heavy atom. The highest BCUT2D eigenvalue weighted by Crippen LogP contribution is 2.33. The number of nitrogens with zero attached hydrogens (tertiary/aromatic N) is 1. The van der Waals surface area contributed by atoms with Gasteiger partial charge in [-0.05, 0) is 32.0 Å². The molecule has 0 aliphatic carbocycles. The highest BCUT2D eigenvalue weighted by Gasteiger charge is 2.34. The number of hydrogen-bond acceptors (Lipinski definition) is 2. The van der Waals surface area contributed by atoms with Crippen molar-refractivity contribution in [2.75, 3.05) is 18.4 Å². The molecule has 0 saturated carbocycles. The molecule has 5 nitrogen and oxygen atoms in total. The molecule has 0 heterocycles. The van der Waals surface area contributed by atoms with Gasteiger partial charge in [0.05, 0.1) is 5.56 Å². The summed E-state index contributed by atoms with van der Waals surface area (Å²) in [6, 6.07) is 2.65. The Hall–Kier alpha value is -2.25. The Morgan fingerprint density at radius 3 is 2.33 bits per heavy atom. The zero-order chi connectivity index (χ0) is 16.2. The van der Waals surface area contributed by atoms with Crippen LogP contribution >= 0.6 is 0 Å². The van der Waals surface area contributed by atoms with Crippen LogP contribution < -0.4 is 11.1 Å². The lowest BCUT2D eigenvalue weighted by Crippen LogP contribution is -2.34. The Bertz CT molecular complexity index is 539. The topological polar surface area (TPSA) is 82.2 Å². The zero-order valence-electron chi connectivity index (χ0n) is 11.7. The van der Waals surface area contributed by atoms with Crippen LogP contribution in [-0.2, 0) is 6.18 Å². The number of alkyl halides is 3. The van der Waals surface area contributed by atoms with Crippen LogP contribution in [0.4, 0.5) is 23.7 Å². The molecule has 21 heavy (non-hydrogen) atoms. The van der Waals surface area contributed by atoms with Crippen LogP contribution in [0.25, 0.3) is 0 Å². The van der Waals surface area contributed by atoms with Crippen molar-refractivity contribution in [2.24, 2.45) is 5.73 Å². The number of benzene rings is 1. The first-order valence-corrected chi connectivity index (χ1v) is 6.32. The Morgan fingerprint density at radius 2 is 1.90 bits per heavy atom. The number of halogens is 3. The van der Waals surface area contributed by atoms with Gasteiger partial charge in [-0.1, -0.05) is 0 Å². The van der Waals surface area contributed by atoms with Crippen LogP contribution in [0, 0.1) is 5.41 Å². The van der Waals surface area contributed by atoms with Gasteiger partial charge in [0.2, 0.25) is 0 Å². The quantitative estimate of drug-likeness (QED) is 0.590. The minimum absolute atomic E-state index is 0.00391. The van der Waals surface area contributed by atoms with Crippen molar-refractivity contribution in [2.45, 2.75) is 20.0 Å². The van der Waals surface area contributed by atoms with Crippen molar-refractivity contribution in [1.29, 1.82) is 5.41 Å². The summed E-state index contributed by atoms with van der Waals surface area (Å²) in [4.78, 5) is 13.3. The van der Waals surface area contributed by atoms with Crippen molar-refractivity contribution < 1.29 is 18.0 Å². The average molecular weight is 302 g/mol. The van der Waals surface area contributed by atoms with Crippen molar-refractivity contribution in [1.82, 2.24) is 4.90 Å². The van der Waals surface area contributed by atoms with Crippen LogP contribution in [0.15, 0.2) is 18.2 Å². The highest BCUT2D eigenvalue weighted by atomic mass is 19.4. The summed E-state index contributed by atoms with van der Waals surface area (Å²) in [7, 11) is 0. The zero-order valence-corrected chi connectivity index (χ0v) is 11.7. The maximum absolute atomic E-state index is 12.9. The summed E-state index contributed by atoms with van der Waals surface area (Å²) in [5.74, 6) is -0.677. The lowest BCUT2D eigenvalue weighted by molar-refractivity contribution is -0.137. The van der Waals surface area contributed by atoms with Crippen molar-refractivity contribution in [3.8, 4) is 0 Å². The summed E-state index contributed by atoms with van der Waals surface area (Å²) >= 11 is 0. The van der Waals surface area contributed by atoms with Gasteiger partial charge in [-0.15, -0.1) is 0 Å². The molecule has 0 fully saturated rings. The smallest absolute Gasteiger partial charge is 0.384 e. The molecule has 8 heteroatoms. The first kappa shape index (κ1) is 16.8. The molecule has 0 aliphatic rings. The molecule has 116 valence electrons. The molecule has 0 spiro atoms. The Kier molecular flexibility index (Phi) is 5.17. The third-order valence-electron chi connectivity index (χ3n) is 2.92. The fourth-order valence-corrected chi connectivity index (χ4v) is 1.80. The van der Waals surface area contributed by atoms with E-state index in [1.807, 2.05) is 0 Å². The largest absolute Gasteiger partial charge is 0.417 e. The number of carbonyl (C=O) groups excluding carboxylic acids is 1. The van der Waals surface area contributed by atoms with E-state index in [1.54, 1.807) is 13.8 Å². The molecule has 0 atom stereocenters. The summed E-state index contributed by atoms with van der Waals surface area (Å²) < 4.78 is 38.8. The van der Waals surface area contributed by atoms with E-state index >= 15 is 0 Å². The number of nitrogens with one attached hydrogen (secondary N) is 2. The van der Waals surface area contributed by atoms with Gasteiger partial charge in [0.25, 0.3) is 0 Å². The van der Waals surface area contributed by atoms with Gasteiger partial charge in [0.1, 0.15) is 5.84 Å². The van der Waals surface area contributed by atoms with E-state index in [4.69, 9.17) is 11.1 Å². The molecule has 0 aliphatic heterocycles. The van der Waals surface area contributed by atoms with Crippen molar-refractivity contribution in [3.05, 3.63) is 29.3 Å². The van der Waals surface area contributed by atoms with E-state index in [1.165, 1.54) is 11.0 Å². The average Bonchev–Trinajstić information content (AvgIpc) is 2.38. The van der Waals surface area contributed by atoms with E-state index in [-0.39, 0.29) is 5.69 Å². The lowest BCUT2D eigenvalue weighted by atomic mass is 10.1. The van der Waals surface area contributed by atoms with E-state index in [0.29, 0.717) is 13.1 Å². The van der Waals surface area contributed by atoms with Crippen LogP contribution in [0.2, 0.25) is 0 Å². The lowest BCUT2D eigenvalue weighted by Gasteiger charge is -2.20. The van der Waals surface area contributed by atoms with Gasteiger partial charge >= 0.3 is 12.2 Å². The van der Waals surface area contributed by atoms with E-state index in [0.717, 1.165) is 12.1 Å². The number of rotatable bonds is 4. The third-order valence-corrected chi connectivity index (χ3v) is 2.92. The molecule has 1 aromatic carbocycles. The number of urea groups is 1. The maximum atomic E-state index is 12.9. The predicted molar refractivity (Wildman–Crippen MR) is 74.4 cm³/mol. The molecule has 0 unspecified atom stereocenters. The molecule has 1 rings (SSSR count). The second kappa shape index (κ2) is 6.47. The first-order chi connectivity index (χ1) is 9.70. The first-order valence-electron chi connectivity index (χ1n) is 6.32. The standard InChI is InChI=1S/C13H17F3N4O/c1-3-20(4-2)12(21)19-8-5-6-9(11(17)18)10(7-8)13(14,15)16/h5-7H,3-4H2,1-2H3,(H3,17,18)(H,19,21). The normalized spacial score (nSPS) is 11.1. The van der Waals surface area contributed by atoms with Crippen LogP contribution in [0.5, 0.6) is 0 Å². The molecule has 0 saturated heterocycles. The molecule has 1 aromatic rings. The van der Waals surface area contributed by atoms with Crippen molar-refractivity contribution in [3.63, 3.8) is 0 Å². The highest BCUT2D eigenvalue weighted by molar-refractivity contribution is 5.98. The molecule has 4 N–H and O–H groups in total. The number of amidine groups is 1. The second-order valence-electron chi connectivity index (χ2n) is 4.27. The van der Waals surface area contributed by atoms with E-state index < -0.39 is 29.2 Å². The fraction of sp³-hybridized carbons (Fsp3) is 0.385. The Labute approximate surface area is 120 Å². The minimum Gasteiger partial charge on any atom is -0.384 e. The summed E-state index contributed by atoms with van der Waals surface area (Å²) in [6.07, 6.45) is -4.66. The minimum atomic E-state index is -4.66. The fourth-order valence-electron chi connectivity index (χ4n) is 1.80. The van der Waals surface area contributed by atoms with Gasteiger partial charge in [0.15, 0.2) is 0 Å². The molecular formula is C13H17F3N4O. The van der Waals surface area contributed by atoms with E-state index in [9.17, 15) is 18.0 Å². The molecule has 2 amide bonds. The molecular weight excluding hydrogens is 285 g/mol. The molecule has 0 aromatic heterocycles. The van der Waals surface area contributed by atoms with Gasteiger partial charge in [0, 0.05) is 24.3 Å². The summed E-state index contributed by atoms with van der Waals surface area (Å²) in [5.41, 5.74) is 3.68. The van der Waals surface area contributed by atoms with Crippen molar-refractivity contribution >= 4 is 17.6 Å². The third kappa shape index (κ3) is 4.11. The number of hydrogen-bond donors (Lipinski definition) is 3. The Balaban J connectivity index is 3.12. The monoisotopic (exact) mass is 302 g/mol. The predicted octanol–water partition coefficient (Wildman–Crippen LogP) is 2.86. The van der Waals surface area contributed by atoms with E-state index in [2.05, 4.69) is 5.32 Å². The molecule has 0 bridgehead atoms. The maximum Gasteiger partial charge on any atom is 0.417 e. The van der Waals surface area contributed by atoms with Gasteiger partial charge in [-0.25, -0.2) is 4.79 Å². The van der Waals surface area contributed by atoms with Crippen LogP contribution in [0.1, 0.15) is 25.0 Å². The van der Waals surface area contributed by atoms with Gasteiger partial charge < -0.3 is 16.0 Å². The number of carbonyl (C=O) groups is 1. The van der Waals surface area contributed by atoms with Gasteiger partial charge in [-0.3, -0.25) is 5.41 Å². The van der Waals surface area contributed by atoms with Crippen LogP contribution in [-0.4, -0.2) is 29.9 Å². The second-order valence-corrected chi connectivity index (χ2v) is 4.27. The summed E-state index contributed by atoms with van der Waals surface area (Å²) in [6.45, 7) is 4.42. The number of anilines is 1. The number of nitrogen functional groups attached to an aromatic ring is 1. The number of amides is 2. The molecule has 0 radical (unpaired) electrons. The SMILES string of the molecule is CCN(CC)C(=O)Nc1ccc(C(=N)N)c(C(F)(F)F)c1. The summed E-state index contributed by atoms with van der Waals surface area (Å²) in [5, 5.41) is 9.58.